The van der Waals surface area contributed by atoms with Crippen LogP contribution in [0, 0.1) is 0 Å². The highest BCUT2D eigenvalue weighted by atomic mass is 35.5. The van der Waals surface area contributed by atoms with E-state index in [-0.39, 0.29) is 6.61 Å². The van der Waals surface area contributed by atoms with E-state index in [4.69, 9.17) is 16.7 Å². The minimum Gasteiger partial charge on any atom is -0.396 e. The first kappa shape index (κ1) is 11.2. The van der Waals surface area contributed by atoms with Gasteiger partial charge in [0.15, 0.2) is 0 Å². The fraction of sp³-hybridized carbons (Fsp3) is 0.556. The lowest BCUT2D eigenvalue weighted by Crippen LogP contribution is -2.05. The van der Waals surface area contributed by atoms with Gasteiger partial charge in [0.25, 0.3) is 0 Å². The molecule has 14 heavy (non-hydrogen) atoms. The molecule has 0 atom stereocenters. The third-order valence-corrected chi connectivity index (χ3v) is 1.93. The average Bonchev–Trinajstić information content (AvgIpc) is 2.21. The van der Waals surface area contributed by atoms with Gasteiger partial charge in [0.2, 0.25) is 5.95 Å². The minimum absolute atomic E-state index is 0.261. The Morgan fingerprint density at radius 2 is 1.93 bits per heavy atom. The van der Waals surface area contributed by atoms with E-state index in [1.807, 2.05) is 0 Å². The second-order valence-corrected chi connectivity index (χ2v) is 3.37. The highest BCUT2D eigenvalue weighted by Crippen LogP contribution is 2.05. The fourth-order valence-electron chi connectivity index (χ4n) is 1.02. The van der Waals surface area contributed by atoms with Crippen LogP contribution in [0.4, 0.5) is 5.95 Å². The molecule has 0 radical (unpaired) electrons. The van der Waals surface area contributed by atoms with Crippen molar-refractivity contribution in [2.24, 2.45) is 0 Å². The van der Waals surface area contributed by atoms with E-state index < -0.39 is 0 Å². The number of nitrogens with zero attached hydrogens (tertiary/aromatic N) is 2. The maximum Gasteiger partial charge on any atom is 0.222 e. The number of unbranched alkanes of at least 4 members (excludes halogenated alkanes) is 2. The number of aliphatic hydroxyl groups is 1. The van der Waals surface area contributed by atoms with Crippen molar-refractivity contribution in [3.63, 3.8) is 0 Å². The average molecular weight is 216 g/mol. The number of rotatable bonds is 6. The van der Waals surface area contributed by atoms with Gasteiger partial charge in [-0.1, -0.05) is 11.6 Å². The molecule has 1 aromatic rings. The third-order valence-electron chi connectivity index (χ3n) is 1.74. The number of hydrogen-bond donors (Lipinski definition) is 2. The molecule has 0 aliphatic rings. The standard InChI is InChI=1S/C9H14ClN3O/c10-8-6-12-9(13-7-8)11-4-2-1-3-5-14/h6-7,14H,1-5H2,(H,11,12,13). The van der Waals surface area contributed by atoms with E-state index in [2.05, 4.69) is 15.3 Å². The van der Waals surface area contributed by atoms with Gasteiger partial charge in [-0.05, 0) is 19.3 Å². The van der Waals surface area contributed by atoms with Gasteiger partial charge in [-0.2, -0.15) is 0 Å². The van der Waals surface area contributed by atoms with E-state index in [0.29, 0.717) is 11.0 Å². The second-order valence-electron chi connectivity index (χ2n) is 2.94. The van der Waals surface area contributed by atoms with Gasteiger partial charge in [-0.25, -0.2) is 9.97 Å². The van der Waals surface area contributed by atoms with Gasteiger partial charge in [-0.3, -0.25) is 0 Å². The molecule has 2 N–H and O–H groups in total. The summed E-state index contributed by atoms with van der Waals surface area (Å²) < 4.78 is 0. The van der Waals surface area contributed by atoms with E-state index in [1.165, 1.54) is 0 Å². The molecule has 1 heterocycles. The molecule has 0 bridgehead atoms. The predicted octanol–water partition coefficient (Wildman–Crippen LogP) is 1.70. The molecule has 78 valence electrons. The van der Waals surface area contributed by atoms with Crippen molar-refractivity contribution in [1.82, 2.24) is 9.97 Å². The van der Waals surface area contributed by atoms with Crippen molar-refractivity contribution in [3.8, 4) is 0 Å². The first-order valence-corrected chi connectivity index (χ1v) is 5.03. The van der Waals surface area contributed by atoms with Crippen LogP contribution in [0.1, 0.15) is 19.3 Å². The molecule has 0 spiro atoms. The molecule has 1 aromatic heterocycles. The van der Waals surface area contributed by atoms with Crippen LogP contribution in [0.2, 0.25) is 5.02 Å². The molecule has 1 rings (SSSR count). The smallest absolute Gasteiger partial charge is 0.222 e. The molecule has 0 fully saturated rings. The number of hydrogen-bond acceptors (Lipinski definition) is 4. The lowest BCUT2D eigenvalue weighted by molar-refractivity contribution is 0.283. The Hall–Kier alpha value is -0.870. The largest absolute Gasteiger partial charge is 0.396 e. The number of anilines is 1. The monoisotopic (exact) mass is 215 g/mol. The summed E-state index contributed by atoms with van der Waals surface area (Å²) in [6, 6.07) is 0. The summed E-state index contributed by atoms with van der Waals surface area (Å²) in [5, 5.41) is 12.2. The first-order chi connectivity index (χ1) is 6.83. The Morgan fingerprint density at radius 1 is 1.21 bits per heavy atom. The predicted molar refractivity (Wildman–Crippen MR) is 56.5 cm³/mol. The van der Waals surface area contributed by atoms with Gasteiger partial charge in [-0.15, -0.1) is 0 Å². The van der Waals surface area contributed by atoms with Crippen LogP contribution in [0.3, 0.4) is 0 Å². The Bertz CT molecular complexity index is 253. The summed E-state index contributed by atoms with van der Waals surface area (Å²) in [7, 11) is 0. The second kappa shape index (κ2) is 6.56. The summed E-state index contributed by atoms with van der Waals surface area (Å²) in [6.07, 6.45) is 5.99. The first-order valence-electron chi connectivity index (χ1n) is 4.65. The molecule has 0 aromatic carbocycles. The van der Waals surface area contributed by atoms with Crippen LogP contribution in [-0.2, 0) is 0 Å². The van der Waals surface area contributed by atoms with Gasteiger partial charge in [0, 0.05) is 13.2 Å². The van der Waals surface area contributed by atoms with Crippen molar-refractivity contribution >= 4 is 17.5 Å². The van der Waals surface area contributed by atoms with Crippen LogP contribution in [0.15, 0.2) is 12.4 Å². The van der Waals surface area contributed by atoms with Gasteiger partial charge in [0.1, 0.15) is 0 Å². The lowest BCUT2D eigenvalue weighted by atomic mass is 10.2. The highest BCUT2D eigenvalue weighted by molar-refractivity contribution is 6.30. The van der Waals surface area contributed by atoms with E-state index in [9.17, 15) is 0 Å². The highest BCUT2D eigenvalue weighted by Gasteiger charge is 1.94. The maximum atomic E-state index is 8.55. The molecule has 0 saturated carbocycles. The maximum absolute atomic E-state index is 8.55. The normalized spacial score (nSPS) is 10.1. The Morgan fingerprint density at radius 3 is 2.57 bits per heavy atom. The van der Waals surface area contributed by atoms with Crippen LogP contribution in [-0.4, -0.2) is 28.2 Å². The van der Waals surface area contributed by atoms with Crippen molar-refractivity contribution in [2.75, 3.05) is 18.5 Å². The van der Waals surface area contributed by atoms with Crippen molar-refractivity contribution < 1.29 is 5.11 Å². The van der Waals surface area contributed by atoms with Gasteiger partial charge in [0.05, 0.1) is 17.4 Å². The molecule has 0 aliphatic carbocycles. The van der Waals surface area contributed by atoms with E-state index in [0.717, 1.165) is 25.8 Å². The van der Waals surface area contributed by atoms with Crippen LogP contribution in [0.5, 0.6) is 0 Å². The van der Waals surface area contributed by atoms with Crippen molar-refractivity contribution in [3.05, 3.63) is 17.4 Å². The zero-order valence-corrected chi connectivity index (χ0v) is 8.67. The minimum atomic E-state index is 0.261. The molecule has 5 heteroatoms. The van der Waals surface area contributed by atoms with E-state index >= 15 is 0 Å². The number of nitrogens with one attached hydrogen (secondary N) is 1. The Kier molecular flexibility index (Phi) is 5.25. The Labute approximate surface area is 88.3 Å². The molecule has 0 saturated heterocycles. The molecular weight excluding hydrogens is 202 g/mol. The Balaban J connectivity index is 2.15. The molecule has 4 nitrogen and oxygen atoms in total. The number of halogens is 1. The molecule has 0 amide bonds. The zero-order chi connectivity index (χ0) is 10.2. The quantitative estimate of drug-likeness (QED) is 0.710. The van der Waals surface area contributed by atoms with Crippen LogP contribution >= 0.6 is 11.6 Å². The van der Waals surface area contributed by atoms with Crippen LogP contribution < -0.4 is 5.32 Å². The molecule has 0 aliphatic heterocycles. The van der Waals surface area contributed by atoms with Gasteiger partial charge >= 0.3 is 0 Å². The number of aromatic nitrogens is 2. The topological polar surface area (TPSA) is 58.0 Å². The summed E-state index contributed by atoms with van der Waals surface area (Å²) in [6.45, 7) is 1.08. The van der Waals surface area contributed by atoms with Crippen molar-refractivity contribution in [1.29, 1.82) is 0 Å². The summed E-state index contributed by atoms with van der Waals surface area (Å²) >= 11 is 5.63. The third kappa shape index (κ3) is 4.39. The molecule has 0 unspecified atom stereocenters. The van der Waals surface area contributed by atoms with E-state index in [1.54, 1.807) is 12.4 Å². The van der Waals surface area contributed by atoms with Crippen molar-refractivity contribution in [2.45, 2.75) is 19.3 Å². The SMILES string of the molecule is OCCCCCNc1ncc(Cl)cn1. The summed E-state index contributed by atoms with van der Waals surface area (Å²) in [5.74, 6) is 0.596. The molecular formula is C9H14ClN3O. The lowest BCUT2D eigenvalue weighted by Gasteiger charge is -2.03. The number of aliphatic hydroxyl groups excluding tert-OH is 1. The zero-order valence-electron chi connectivity index (χ0n) is 7.91. The summed E-state index contributed by atoms with van der Waals surface area (Å²) in [4.78, 5) is 7.99. The van der Waals surface area contributed by atoms with Crippen LogP contribution in [0.25, 0.3) is 0 Å². The van der Waals surface area contributed by atoms with Gasteiger partial charge < -0.3 is 10.4 Å². The summed E-state index contributed by atoms with van der Waals surface area (Å²) in [5.41, 5.74) is 0. The fourth-order valence-corrected chi connectivity index (χ4v) is 1.11.